The summed E-state index contributed by atoms with van der Waals surface area (Å²) in [4.78, 5) is 25.0. The average molecular weight is 442 g/mol. The lowest BCUT2D eigenvalue weighted by atomic mass is 10.0. The summed E-state index contributed by atoms with van der Waals surface area (Å²) in [5.41, 5.74) is 0.598. The number of rotatable bonds is 3. The van der Waals surface area contributed by atoms with Crippen molar-refractivity contribution in [3.05, 3.63) is 80.7 Å². The molecule has 4 rings (SSSR count). The van der Waals surface area contributed by atoms with Gasteiger partial charge in [0.1, 0.15) is 5.75 Å². The SMILES string of the molecule is O=C(NC1CCOc2ccccc21)c1nn(-c2ccc(Br)cc2)c(=O)cc1O. The molecular formula is C20H16BrN3O4. The summed E-state index contributed by atoms with van der Waals surface area (Å²) in [6.45, 7) is 0.472. The van der Waals surface area contributed by atoms with Crippen LogP contribution in [-0.4, -0.2) is 27.4 Å². The van der Waals surface area contributed by atoms with Crippen LogP contribution >= 0.6 is 15.9 Å². The number of carbonyl (C=O) groups is 1. The molecule has 1 aliphatic heterocycles. The molecule has 1 atom stereocenters. The molecule has 0 saturated carbocycles. The third-order valence-corrected chi connectivity index (χ3v) is 4.99. The van der Waals surface area contributed by atoms with E-state index >= 15 is 0 Å². The minimum absolute atomic E-state index is 0.216. The van der Waals surface area contributed by atoms with Crippen LogP contribution in [0.3, 0.4) is 0 Å². The Labute approximate surface area is 168 Å². The van der Waals surface area contributed by atoms with Gasteiger partial charge in [-0.2, -0.15) is 9.78 Å². The maximum atomic E-state index is 12.8. The average Bonchev–Trinajstić information content (AvgIpc) is 2.69. The van der Waals surface area contributed by atoms with Gasteiger partial charge in [-0.3, -0.25) is 9.59 Å². The topological polar surface area (TPSA) is 93.5 Å². The van der Waals surface area contributed by atoms with Crippen LogP contribution in [-0.2, 0) is 0 Å². The zero-order valence-corrected chi connectivity index (χ0v) is 16.2. The van der Waals surface area contributed by atoms with Crippen LogP contribution in [0.2, 0.25) is 0 Å². The number of amides is 1. The minimum Gasteiger partial charge on any atom is -0.505 e. The van der Waals surface area contributed by atoms with Crippen molar-refractivity contribution in [1.29, 1.82) is 0 Å². The number of hydrogen-bond acceptors (Lipinski definition) is 5. The van der Waals surface area contributed by atoms with E-state index in [0.29, 0.717) is 18.7 Å². The van der Waals surface area contributed by atoms with Crippen molar-refractivity contribution in [1.82, 2.24) is 15.1 Å². The molecule has 0 saturated heterocycles. The van der Waals surface area contributed by atoms with Crippen molar-refractivity contribution in [2.75, 3.05) is 6.61 Å². The van der Waals surface area contributed by atoms with Gasteiger partial charge in [0, 0.05) is 22.5 Å². The molecule has 3 aromatic rings. The number of nitrogens with zero attached hydrogens (tertiary/aromatic N) is 2. The molecule has 0 fully saturated rings. The Kier molecular flexibility index (Phi) is 4.87. The third-order valence-electron chi connectivity index (χ3n) is 4.46. The van der Waals surface area contributed by atoms with Gasteiger partial charge in [-0.15, -0.1) is 0 Å². The molecule has 2 aromatic carbocycles. The molecule has 7 nitrogen and oxygen atoms in total. The maximum Gasteiger partial charge on any atom is 0.276 e. The fourth-order valence-corrected chi connectivity index (χ4v) is 3.36. The van der Waals surface area contributed by atoms with Crippen LogP contribution in [0.15, 0.2) is 63.9 Å². The first kappa shape index (κ1) is 18.2. The Balaban J connectivity index is 1.66. The number of fused-ring (bicyclic) bond motifs is 1. The summed E-state index contributed by atoms with van der Waals surface area (Å²) < 4.78 is 7.53. The number of para-hydroxylation sites is 1. The molecule has 1 unspecified atom stereocenters. The molecule has 0 bridgehead atoms. The molecule has 8 heteroatoms. The molecule has 0 aliphatic carbocycles. The Morgan fingerprint density at radius 1 is 1.21 bits per heavy atom. The second kappa shape index (κ2) is 7.47. The molecule has 2 heterocycles. The minimum atomic E-state index is -0.565. The number of nitrogens with one attached hydrogen (secondary N) is 1. The van der Waals surface area contributed by atoms with Gasteiger partial charge < -0.3 is 15.2 Å². The number of carbonyl (C=O) groups excluding carboxylic acids is 1. The van der Waals surface area contributed by atoms with Crippen LogP contribution in [0.4, 0.5) is 0 Å². The van der Waals surface area contributed by atoms with E-state index in [1.807, 2.05) is 24.3 Å². The summed E-state index contributed by atoms with van der Waals surface area (Å²) >= 11 is 3.33. The van der Waals surface area contributed by atoms with E-state index in [4.69, 9.17) is 4.74 Å². The molecule has 2 N–H and O–H groups in total. The largest absolute Gasteiger partial charge is 0.505 e. The lowest BCUT2D eigenvalue weighted by Crippen LogP contribution is -2.34. The first-order chi connectivity index (χ1) is 13.5. The molecule has 0 radical (unpaired) electrons. The summed E-state index contributed by atoms with van der Waals surface area (Å²) in [7, 11) is 0. The van der Waals surface area contributed by atoms with Crippen molar-refractivity contribution < 1.29 is 14.6 Å². The quantitative estimate of drug-likeness (QED) is 0.651. The maximum absolute atomic E-state index is 12.8. The molecule has 0 spiro atoms. The summed E-state index contributed by atoms with van der Waals surface area (Å²) in [5.74, 6) is -0.308. The molecule has 142 valence electrons. The van der Waals surface area contributed by atoms with Gasteiger partial charge in [-0.05, 0) is 30.3 Å². The summed E-state index contributed by atoms with van der Waals surface area (Å²) in [6, 6.07) is 15.1. The lowest BCUT2D eigenvalue weighted by molar-refractivity contribution is 0.0914. The summed E-state index contributed by atoms with van der Waals surface area (Å²) in [5, 5.41) is 17.1. The Bertz CT molecular complexity index is 1100. The van der Waals surface area contributed by atoms with Gasteiger partial charge >= 0.3 is 0 Å². The van der Waals surface area contributed by atoms with Gasteiger partial charge in [-0.25, -0.2) is 0 Å². The highest BCUT2D eigenvalue weighted by molar-refractivity contribution is 9.10. The van der Waals surface area contributed by atoms with Crippen molar-refractivity contribution in [2.45, 2.75) is 12.5 Å². The number of benzene rings is 2. The predicted octanol–water partition coefficient (Wildman–Crippen LogP) is 2.95. The van der Waals surface area contributed by atoms with Crippen LogP contribution in [0.5, 0.6) is 11.5 Å². The number of aromatic nitrogens is 2. The van der Waals surface area contributed by atoms with Crippen molar-refractivity contribution in [3.63, 3.8) is 0 Å². The first-order valence-corrected chi connectivity index (χ1v) is 9.44. The van der Waals surface area contributed by atoms with E-state index in [2.05, 4.69) is 26.3 Å². The number of hydrogen-bond donors (Lipinski definition) is 2. The van der Waals surface area contributed by atoms with Crippen LogP contribution < -0.4 is 15.6 Å². The number of aromatic hydroxyl groups is 1. The number of halogens is 1. The molecule has 28 heavy (non-hydrogen) atoms. The zero-order chi connectivity index (χ0) is 19.7. The predicted molar refractivity (Wildman–Crippen MR) is 106 cm³/mol. The zero-order valence-electron chi connectivity index (χ0n) is 14.6. The molecular weight excluding hydrogens is 426 g/mol. The van der Waals surface area contributed by atoms with E-state index < -0.39 is 17.2 Å². The Morgan fingerprint density at radius 2 is 1.96 bits per heavy atom. The van der Waals surface area contributed by atoms with Gasteiger partial charge in [0.25, 0.3) is 11.5 Å². The van der Waals surface area contributed by atoms with Gasteiger partial charge in [0.15, 0.2) is 11.4 Å². The second-order valence-corrected chi connectivity index (χ2v) is 7.22. The lowest BCUT2D eigenvalue weighted by Gasteiger charge is -2.26. The first-order valence-electron chi connectivity index (χ1n) is 8.65. The van der Waals surface area contributed by atoms with Crippen molar-refractivity contribution >= 4 is 21.8 Å². The number of ether oxygens (including phenoxy) is 1. The highest BCUT2D eigenvalue weighted by atomic mass is 79.9. The fraction of sp³-hybridized carbons (Fsp3) is 0.150. The Morgan fingerprint density at radius 3 is 2.75 bits per heavy atom. The molecule has 1 aromatic heterocycles. The molecule has 1 aliphatic rings. The highest BCUT2D eigenvalue weighted by Gasteiger charge is 2.25. The second-order valence-electron chi connectivity index (χ2n) is 6.31. The smallest absolute Gasteiger partial charge is 0.276 e. The van der Waals surface area contributed by atoms with Gasteiger partial charge in [0.05, 0.1) is 18.3 Å². The van der Waals surface area contributed by atoms with E-state index in [1.165, 1.54) is 0 Å². The van der Waals surface area contributed by atoms with Crippen LogP contribution in [0, 0.1) is 0 Å². The fourth-order valence-electron chi connectivity index (χ4n) is 3.09. The van der Waals surface area contributed by atoms with E-state index in [1.54, 1.807) is 24.3 Å². The Hall–Kier alpha value is -3.13. The van der Waals surface area contributed by atoms with Gasteiger partial charge in [0.2, 0.25) is 0 Å². The standard InChI is InChI=1S/C20H16BrN3O4/c21-12-5-7-13(8-6-12)24-18(26)11-16(25)19(23-24)20(27)22-15-9-10-28-17-4-2-1-3-14(15)17/h1-8,11,15,25H,9-10H2,(H,22,27). The normalized spacial score (nSPS) is 15.4. The van der Waals surface area contributed by atoms with E-state index in [-0.39, 0.29) is 11.7 Å². The monoisotopic (exact) mass is 441 g/mol. The van der Waals surface area contributed by atoms with Crippen LogP contribution in [0.25, 0.3) is 5.69 Å². The summed E-state index contributed by atoms with van der Waals surface area (Å²) in [6.07, 6.45) is 0.593. The third kappa shape index (κ3) is 3.50. The van der Waals surface area contributed by atoms with Crippen molar-refractivity contribution in [3.8, 4) is 17.2 Å². The van der Waals surface area contributed by atoms with E-state index in [0.717, 1.165) is 26.5 Å². The molecule has 1 amide bonds. The van der Waals surface area contributed by atoms with Crippen molar-refractivity contribution in [2.24, 2.45) is 0 Å². The van der Waals surface area contributed by atoms with Gasteiger partial charge in [-0.1, -0.05) is 34.1 Å². The van der Waals surface area contributed by atoms with Crippen LogP contribution in [0.1, 0.15) is 28.5 Å². The highest BCUT2D eigenvalue weighted by Crippen LogP contribution is 2.31. The van der Waals surface area contributed by atoms with E-state index in [9.17, 15) is 14.7 Å².